The van der Waals surface area contributed by atoms with E-state index in [1.807, 2.05) is 97.9 Å². The fourth-order valence-electron chi connectivity index (χ4n) is 3.70. The monoisotopic (exact) mass is 408 g/mol. The minimum absolute atomic E-state index is 0.166. The number of hydrogen-bond acceptors (Lipinski definition) is 3. The van der Waals surface area contributed by atoms with Crippen molar-refractivity contribution < 1.29 is 9.59 Å². The van der Waals surface area contributed by atoms with E-state index >= 15 is 0 Å². The van der Waals surface area contributed by atoms with Crippen LogP contribution in [-0.2, 0) is 4.79 Å². The molecule has 1 aromatic heterocycles. The zero-order chi connectivity index (χ0) is 22.0. The van der Waals surface area contributed by atoms with Gasteiger partial charge in [-0.2, -0.15) is 0 Å². The van der Waals surface area contributed by atoms with Gasteiger partial charge in [-0.15, -0.1) is 0 Å². The van der Waals surface area contributed by atoms with Crippen molar-refractivity contribution >= 4 is 34.2 Å². The van der Waals surface area contributed by atoms with E-state index in [1.165, 1.54) is 6.92 Å². The van der Waals surface area contributed by atoms with Gasteiger partial charge in [0.25, 0.3) is 0 Å². The number of hydrogen-bond donors (Lipinski definition) is 1. The van der Waals surface area contributed by atoms with E-state index in [2.05, 4.69) is 4.98 Å². The Morgan fingerprint density at radius 1 is 0.839 bits per heavy atom. The van der Waals surface area contributed by atoms with Crippen molar-refractivity contribution in [1.29, 1.82) is 0 Å². The normalized spacial score (nSPS) is 11.5. The summed E-state index contributed by atoms with van der Waals surface area (Å²) >= 11 is 0. The van der Waals surface area contributed by atoms with E-state index in [1.54, 1.807) is 6.08 Å². The highest BCUT2D eigenvalue weighted by Gasteiger charge is 2.24. The fourth-order valence-corrected chi connectivity index (χ4v) is 3.70. The molecule has 1 heterocycles. The van der Waals surface area contributed by atoms with E-state index in [0.717, 1.165) is 33.4 Å². The topological polar surface area (TPSA) is 53.2 Å². The number of rotatable bonds is 6. The van der Waals surface area contributed by atoms with Crippen LogP contribution < -0.4 is 4.90 Å². The summed E-state index contributed by atoms with van der Waals surface area (Å²) < 4.78 is 0. The molecule has 4 heteroatoms. The number of ketones is 2. The standard InChI is InChI=1S/C27H24N2O2/c1-18(30)23(17-19-13-15-21(16-14-19)29(2)3)27(31)25-22-11-7-8-12-24(22)28-26(25)20-9-5-4-6-10-20/h4-17,28H,1-3H3/b23-17+. The molecular formula is C27H24N2O2. The lowest BCUT2D eigenvalue weighted by Gasteiger charge is -2.12. The second-order valence-electron chi connectivity index (χ2n) is 7.72. The molecule has 0 radical (unpaired) electrons. The smallest absolute Gasteiger partial charge is 0.199 e. The number of fused-ring (bicyclic) bond motifs is 1. The second-order valence-corrected chi connectivity index (χ2v) is 7.72. The molecular weight excluding hydrogens is 384 g/mol. The predicted molar refractivity (Wildman–Crippen MR) is 127 cm³/mol. The fraction of sp³-hybridized carbons (Fsp3) is 0.111. The lowest BCUT2D eigenvalue weighted by molar-refractivity contribution is -0.113. The molecule has 3 aromatic carbocycles. The van der Waals surface area contributed by atoms with Gasteiger partial charge in [-0.25, -0.2) is 0 Å². The summed E-state index contributed by atoms with van der Waals surface area (Å²) in [4.78, 5) is 31.6. The number of para-hydroxylation sites is 1. The van der Waals surface area contributed by atoms with E-state index in [9.17, 15) is 9.59 Å². The molecule has 0 spiro atoms. The van der Waals surface area contributed by atoms with Crippen LogP contribution in [0.2, 0.25) is 0 Å². The Hall–Kier alpha value is -3.92. The average Bonchev–Trinajstić information content (AvgIpc) is 3.17. The number of nitrogens with one attached hydrogen (secondary N) is 1. The number of nitrogens with zero attached hydrogens (tertiary/aromatic N) is 1. The number of aromatic amines is 1. The zero-order valence-corrected chi connectivity index (χ0v) is 17.8. The van der Waals surface area contributed by atoms with Crippen molar-refractivity contribution in [3.05, 3.63) is 95.6 Å². The van der Waals surface area contributed by atoms with Crippen LogP contribution in [-0.4, -0.2) is 30.6 Å². The Balaban J connectivity index is 1.86. The maximum Gasteiger partial charge on any atom is 0.199 e. The van der Waals surface area contributed by atoms with Crippen LogP contribution in [0.4, 0.5) is 5.69 Å². The molecule has 1 N–H and O–H groups in total. The molecule has 0 unspecified atom stereocenters. The number of aromatic nitrogens is 1. The van der Waals surface area contributed by atoms with Crippen LogP contribution in [0.3, 0.4) is 0 Å². The summed E-state index contributed by atoms with van der Waals surface area (Å²) in [7, 11) is 3.94. The van der Waals surface area contributed by atoms with Gasteiger partial charge < -0.3 is 9.88 Å². The van der Waals surface area contributed by atoms with E-state index < -0.39 is 0 Å². The minimum atomic E-state index is -0.277. The van der Waals surface area contributed by atoms with Gasteiger partial charge in [0.2, 0.25) is 0 Å². The third-order valence-corrected chi connectivity index (χ3v) is 5.34. The lowest BCUT2D eigenvalue weighted by atomic mass is 9.94. The highest BCUT2D eigenvalue weighted by molar-refractivity contribution is 6.32. The number of carbonyl (C=O) groups is 2. The van der Waals surface area contributed by atoms with Gasteiger partial charge in [0.05, 0.1) is 16.8 Å². The summed E-state index contributed by atoms with van der Waals surface area (Å²) in [6.45, 7) is 1.44. The van der Waals surface area contributed by atoms with Gasteiger partial charge in [-0.05, 0) is 42.3 Å². The predicted octanol–water partition coefficient (Wildman–Crippen LogP) is 5.76. The number of carbonyl (C=O) groups excluding carboxylic acids is 2. The second kappa shape index (κ2) is 8.44. The summed E-state index contributed by atoms with van der Waals surface area (Å²) in [5, 5.41) is 0.807. The van der Waals surface area contributed by atoms with Crippen molar-refractivity contribution in [2.24, 2.45) is 0 Å². The van der Waals surface area contributed by atoms with Gasteiger partial charge in [0.15, 0.2) is 11.6 Å². The first-order valence-electron chi connectivity index (χ1n) is 10.2. The molecule has 31 heavy (non-hydrogen) atoms. The average molecular weight is 409 g/mol. The Morgan fingerprint density at radius 3 is 2.13 bits per heavy atom. The lowest BCUT2D eigenvalue weighted by Crippen LogP contribution is -2.11. The van der Waals surface area contributed by atoms with Crippen LogP contribution in [0.1, 0.15) is 22.8 Å². The van der Waals surface area contributed by atoms with Crippen LogP contribution in [0, 0.1) is 0 Å². The Labute approximate surface area is 181 Å². The number of anilines is 1. The molecule has 4 rings (SSSR count). The molecule has 0 amide bonds. The molecule has 0 saturated heterocycles. The first kappa shape index (κ1) is 20.4. The summed E-state index contributed by atoms with van der Waals surface area (Å²) in [5.41, 5.74) is 5.04. The van der Waals surface area contributed by atoms with Crippen molar-refractivity contribution in [2.75, 3.05) is 19.0 Å². The first-order chi connectivity index (χ1) is 15.0. The SMILES string of the molecule is CC(=O)/C(=C\c1ccc(N(C)C)cc1)C(=O)c1c(-c2ccccc2)[nH]c2ccccc12. The molecule has 4 nitrogen and oxygen atoms in total. The van der Waals surface area contributed by atoms with Crippen LogP contribution in [0.25, 0.3) is 28.2 Å². The van der Waals surface area contributed by atoms with E-state index in [4.69, 9.17) is 0 Å². The summed E-state index contributed by atoms with van der Waals surface area (Å²) in [6, 6.07) is 25.2. The highest BCUT2D eigenvalue weighted by Crippen LogP contribution is 2.32. The number of Topliss-reactive ketones (excluding diaryl/α,β-unsaturated/α-hetero) is 2. The molecule has 0 atom stereocenters. The molecule has 0 bridgehead atoms. The molecule has 0 saturated carbocycles. The van der Waals surface area contributed by atoms with Crippen molar-refractivity contribution in [3.63, 3.8) is 0 Å². The first-order valence-corrected chi connectivity index (χ1v) is 10.2. The third-order valence-electron chi connectivity index (χ3n) is 5.34. The van der Waals surface area contributed by atoms with Crippen molar-refractivity contribution in [3.8, 4) is 11.3 Å². The van der Waals surface area contributed by atoms with Gasteiger partial charge in [-0.3, -0.25) is 9.59 Å². The molecule has 154 valence electrons. The number of H-pyrrole nitrogens is 1. The maximum atomic E-state index is 13.7. The Morgan fingerprint density at radius 2 is 1.48 bits per heavy atom. The summed E-state index contributed by atoms with van der Waals surface area (Å²) in [6.07, 6.45) is 1.68. The van der Waals surface area contributed by atoms with Gasteiger partial charge in [0.1, 0.15) is 0 Å². The largest absolute Gasteiger partial charge is 0.378 e. The molecule has 0 aliphatic rings. The zero-order valence-electron chi connectivity index (χ0n) is 17.8. The molecule has 4 aromatic rings. The maximum absolute atomic E-state index is 13.7. The van der Waals surface area contributed by atoms with Crippen LogP contribution in [0.5, 0.6) is 0 Å². The highest BCUT2D eigenvalue weighted by atomic mass is 16.1. The van der Waals surface area contributed by atoms with Gasteiger partial charge in [0, 0.05) is 30.7 Å². The van der Waals surface area contributed by atoms with Crippen LogP contribution >= 0.6 is 0 Å². The molecule has 0 fully saturated rings. The quantitative estimate of drug-likeness (QED) is 0.191. The van der Waals surface area contributed by atoms with E-state index in [0.29, 0.717) is 5.56 Å². The molecule has 0 aliphatic carbocycles. The number of allylic oxidation sites excluding steroid dienone is 1. The minimum Gasteiger partial charge on any atom is -0.378 e. The van der Waals surface area contributed by atoms with Gasteiger partial charge >= 0.3 is 0 Å². The third kappa shape index (κ3) is 4.05. The van der Waals surface area contributed by atoms with Gasteiger partial charge in [-0.1, -0.05) is 60.7 Å². The van der Waals surface area contributed by atoms with E-state index in [-0.39, 0.29) is 17.1 Å². The summed E-state index contributed by atoms with van der Waals surface area (Å²) in [5.74, 6) is -0.536. The number of benzene rings is 3. The van der Waals surface area contributed by atoms with Crippen molar-refractivity contribution in [1.82, 2.24) is 4.98 Å². The molecule has 0 aliphatic heterocycles. The van der Waals surface area contributed by atoms with Crippen molar-refractivity contribution in [2.45, 2.75) is 6.92 Å². The Bertz CT molecular complexity index is 1280. The Kier molecular flexibility index (Phi) is 5.54. The van der Waals surface area contributed by atoms with Crippen LogP contribution in [0.15, 0.2) is 84.4 Å².